The third-order valence-electron chi connectivity index (χ3n) is 2.34. The Morgan fingerprint density at radius 3 is 2.88 bits per heavy atom. The van der Waals surface area contributed by atoms with E-state index < -0.39 is 16.4 Å². The summed E-state index contributed by atoms with van der Waals surface area (Å²) in [5, 5.41) is 10.9. The maximum Gasteiger partial charge on any atom is 0.305 e. The van der Waals surface area contributed by atoms with Crippen molar-refractivity contribution >= 4 is 17.4 Å². The summed E-state index contributed by atoms with van der Waals surface area (Å²) in [4.78, 5) is 9.82. The van der Waals surface area contributed by atoms with Crippen molar-refractivity contribution in [2.45, 2.75) is 11.0 Å². The first kappa shape index (κ1) is 11.3. The molecule has 0 aliphatic carbocycles. The second kappa shape index (κ2) is 4.80. The largest absolute Gasteiger partial charge is 0.379 e. The summed E-state index contributed by atoms with van der Waals surface area (Å²) >= 11 is 1.56. The number of nitro groups is 1. The van der Waals surface area contributed by atoms with Crippen molar-refractivity contribution < 1.29 is 14.1 Å². The SMILES string of the molecule is O=[N+]([O-])c1cccc(CSC2COC2)c1F. The Kier molecular flexibility index (Phi) is 3.40. The zero-order valence-corrected chi connectivity index (χ0v) is 9.21. The highest BCUT2D eigenvalue weighted by Gasteiger charge is 2.21. The van der Waals surface area contributed by atoms with E-state index in [1.165, 1.54) is 12.1 Å². The average molecular weight is 243 g/mol. The first-order valence-corrected chi connectivity index (χ1v) is 5.84. The number of hydrogen-bond donors (Lipinski definition) is 0. The van der Waals surface area contributed by atoms with E-state index >= 15 is 0 Å². The van der Waals surface area contributed by atoms with Crippen LogP contribution in [0.4, 0.5) is 10.1 Å². The number of halogens is 1. The first-order chi connectivity index (χ1) is 7.68. The van der Waals surface area contributed by atoms with E-state index in [-0.39, 0.29) is 0 Å². The fraction of sp³-hybridized carbons (Fsp3) is 0.400. The van der Waals surface area contributed by atoms with Gasteiger partial charge < -0.3 is 4.74 Å². The molecule has 0 saturated carbocycles. The van der Waals surface area contributed by atoms with Crippen LogP contribution in [-0.2, 0) is 10.5 Å². The minimum Gasteiger partial charge on any atom is -0.379 e. The van der Waals surface area contributed by atoms with Gasteiger partial charge in [-0.2, -0.15) is 4.39 Å². The lowest BCUT2D eigenvalue weighted by atomic mass is 10.2. The quantitative estimate of drug-likeness (QED) is 0.601. The van der Waals surface area contributed by atoms with Crippen molar-refractivity contribution in [1.82, 2.24) is 0 Å². The topological polar surface area (TPSA) is 52.4 Å². The third-order valence-corrected chi connectivity index (χ3v) is 3.56. The van der Waals surface area contributed by atoms with Gasteiger partial charge in [0.15, 0.2) is 0 Å². The standard InChI is InChI=1S/C10H10FNO3S/c11-10-7(6-16-8-4-15-5-8)2-1-3-9(10)12(13)14/h1-3,8H,4-6H2. The maximum absolute atomic E-state index is 13.6. The van der Waals surface area contributed by atoms with Crippen molar-refractivity contribution in [3.8, 4) is 0 Å². The van der Waals surface area contributed by atoms with Gasteiger partial charge in [0, 0.05) is 17.4 Å². The Hall–Kier alpha value is -1.14. The Morgan fingerprint density at radius 1 is 1.56 bits per heavy atom. The van der Waals surface area contributed by atoms with E-state index in [9.17, 15) is 14.5 Å². The molecule has 0 N–H and O–H groups in total. The molecule has 6 heteroatoms. The molecule has 1 aromatic carbocycles. The second-order valence-electron chi connectivity index (χ2n) is 3.48. The van der Waals surface area contributed by atoms with E-state index in [0.717, 1.165) is 0 Å². The Bertz CT molecular complexity index is 409. The van der Waals surface area contributed by atoms with Gasteiger partial charge in [-0.3, -0.25) is 10.1 Å². The summed E-state index contributed by atoms with van der Waals surface area (Å²) in [5.41, 5.74) is -0.0749. The molecular formula is C10H10FNO3S. The number of nitro benzene ring substituents is 1. The van der Waals surface area contributed by atoms with Crippen LogP contribution < -0.4 is 0 Å². The highest BCUT2D eigenvalue weighted by Crippen LogP contribution is 2.27. The molecule has 86 valence electrons. The summed E-state index contributed by atoms with van der Waals surface area (Å²) in [7, 11) is 0. The van der Waals surface area contributed by atoms with Crippen molar-refractivity contribution in [3.05, 3.63) is 39.7 Å². The summed E-state index contributed by atoms with van der Waals surface area (Å²) in [6, 6.07) is 4.26. The molecule has 1 heterocycles. The fourth-order valence-electron chi connectivity index (χ4n) is 1.34. The number of benzene rings is 1. The highest BCUT2D eigenvalue weighted by molar-refractivity contribution is 7.99. The maximum atomic E-state index is 13.6. The molecular weight excluding hydrogens is 233 g/mol. The zero-order chi connectivity index (χ0) is 11.5. The molecule has 0 unspecified atom stereocenters. The van der Waals surface area contributed by atoms with Gasteiger partial charge in [-0.1, -0.05) is 12.1 Å². The van der Waals surface area contributed by atoms with E-state index in [4.69, 9.17) is 4.74 Å². The predicted molar refractivity (Wildman–Crippen MR) is 59.0 cm³/mol. The van der Waals surface area contributed by atoms with E-state index in [1.54, 1.807) is 17.8 Å². The number of hydrogen-bond acceptors (Lipinski definition) is 4. The normalized spacial score (nSPS) is 15.8. The van der Waals surface area contributed by atoms with Crippen LogP contribution in [0.15, 0.2) is 18.2 Å². The Labute approximate surface area is 95.9 Å². The van der Waals surface area contributed by atoms with Crippen molar-refractivity contribution in [2.75, 3.05) is 13.2 Å². The van der Waals surface area contributed by atoms with Gasteiger partial charge >= 0.3 is 5.69 Å². The van der Waals surface area contributed by atoms with Crippen LogP contribution in [0.3, 0.4) is 0 Å². The van der Waals surface area contributed by atoms with Crippen molar-refractivity contribution in [1.29, 1.82) is 0 Å². The summed E-state index contributed by atoms with van der Waals surface area (Å²) < 4.78 is 18.6. The minimum absolute atomic E-state index is 0.381. The van der Waals surface area contributed by atoms with Crippen LogP contribution in [0.5, 0.6) is 0 Å². The monoisotopic (exact) mass is 243 g/mol. The summed E-state index contributed by atoms with van der Waals surface area (Å²) in [6.45, 7) is 1.36. The van der Waals surface area contributed by atoms with Crippen LogP contribution >= 0.6 is 11.8 Å². The lowest BCUT2D eigenvalue weighted by Crippen LogP contribution is -2.30. The van der Waals surface area contributed by atoms with Crippen LogP contribution in [0, 0.1) is 15.9 Å². The number of rotatable bonds is 4. The van der Waals surface area contributed by atoms with E-state index in [1.807, 2.05) is 0 Å². The van der Waals surface area contributed by atoms with Gasteiger partial charge in [-0.25, -0.2) is 0 Å². The molecule has 4 nitrogen and oxygen atoms in total. The third kappa shape index (κ3) is 2.33. The Balaban J connectivity index is 2.07. The fourth-order valence-corrected chi connectivity index (χ4v) is 2.36. The average Bonchev–Trinajstić information content (AvgIpc) is 2.17. The molecule has 1 aliphatic heterocycles. The molecule has 16 heavy (non-hydrogen) atoms. The lowest BCUT2D eigenvalue weighted by Gasteiger charge is -2.25. The second-order valence-corrected chi connectivity index (χ2v) is 4.77. The molecule has 0 radical (unpaired) electrons. The predicted octanol–water partition coefficient (Wildman–Crippen LogP) is 2.37. The van der Waals surface area contributed by atoms with Crippen molar-refractivity contribution in [3.63, 3.8) is 0 Å². The molecule has 0 aromatic heterocycles. The van der Waals surface area contributed by atoms with Crippen LogP contribution in [0.25, 0.3) is 0 Å². The molecule has 1 saturated heterocycles. The molecule has 1 fully saturated rings. The molecule has 0 atom stereocenters. The van der Waals surface area contributed by atoms with Gasteiger partial charge in [-0.05, 0) is 0 Å². The van der Waals surface area contributed by atoms with Crippen LogP contribution in [-0.4, -0.2) is 23.4 Å². The molecule has 0 spiro atoms. The minimum atomic E-state index is -0.722. The zero-order valence-electron chi connectivity index (χ0n) is 8.39. The van der Waals surface area contributed by atoms with Crippen LogP contribution in [0.1, 0.15) is 5.56 Å². The molecule has 2 rings (SSSR count). The van der Waals surface area contributed by atoms with Gasteiger partial charge in [0.25, 0.3) is 0 Å². The summed E-state index contributed by atoms with van der Waals surface area (Å²) in [6.07, 6.45) is 0. The highest BCUT2D eigenvalue weighted by atomic mass is 32.2. The number of ether oxygens (including phenoxy) is 1. The van der Waals surface area contributed by atoms with E-state index in [2.05, 4.69) is 0 Å². The molecule has 1 aromatic rings. The van der Waals surface area contributed by atoms with Gasteiger partial charge in [-0.15, -0.1) is 11.8 Å². The van der Waals surface area contributed by atoms with E-state index in [0.29, 0.717) is 29.8 Å². The number of thioether (sulfide) groups is 1. The van der Waals surface area contributed by atoms with Gasteiger partial charge in [0.05, 0.1) is 23.4 Å². The lowest BCUT2D eigenvalue weighted by molar-refractivity contribution is -0.387. The smallest absolute Gasteiger partial charge is 0.305 e. The molecule has 0 bridgehead atoms. The van der Waals surface area contributed by atoms with Gasteiger partial charge in [0.2, 0.25) is 5.82 Å². The Morgan fingerprint density at radius 2 is 2.31 bits per heavy atom. The summed E-state index contributed by atoms with van der Waals surface area (Å²) in [5.74, 6) is -0.276. The first-order valence-electron chi connectivity index (χ1n) is 4.79. The molecule has 1 aliphatic rings. The van der Waals surface area contributed by atoms with Crippen molar-refractivity contribution in [2.24, 2.45) is 0 Å². The van der Waals surface area contributed by atoms with Gasteiger partial charge in [0.1, 0.15) is 0 Å². The molecule has 0 amide bonds. The number of nitrogens with zero attached hydrogens (tertiary/aromatic N) is 1. The van der Waals surface area contributed by atoms with Crippen LogP contribution in [0.2, 0.25) is 0 Å².